The van der Waals surface area contributed by atoms with E-state index in [1.54, 1.807) is 6.07 Å². The molecule has 0 spiro atoms. The minimum absolute atomic E-state index is 0.0631. The Bertz CT molecular complexity index is 346. The van der Waals surface area contributed by atoms with Crippen molar-refractivity contribution in [2.45, 2.75) is 25.1 Å². The van der Waals surface area contributed by atoms with E-state index >= 15 is 0 Å². The van der Waals surface area contributed by atoms with Crippen LogP contribution >= 0.6 is 15.9 Å². The standard InChI is InChI=1S/C11H12BrF/c1-6-3-4-9(13)10-8(6)5-7(2)11(10)12/h3-4,7,11H,5H2,1-2H3. The van der Waals surface area contributed by atoms with Crippen molar-refractivity contribution in [3.8, 4) is 0 Å². The zero-order chi connectivity index (χ0) is 9.59. The molecule has 0 nitrogen and oxygen atoms in total. The van der Waals surface area contributed by atoms with Gasteiger partial charge >= 0.3 is 0 Å². The summed E-state index contributed by atoms with van der Waals surface area (Å²) in [5.74, 6) is 0.442. The molecule has 1 aromatic carbocycles. The van der Waals surface area contributed by atoms with E-state index in [9.17, 15) is 4.39 Å². The van der Waals surface area contributed by atoms with Gasteiger partial charge in [-0.25, -0.2) is 4.39 Å². The topological polar surface area (TPSA) is 0 Å². The number of fused-ring (bicyclic) bond motifs is 1. The van der Waals surface area contributed by atoms with Crippen LogP contribution in [0.25, 0.3) is 0 Å². The van der Waals surface area contributed by atoms with E-state index in [2.05, 4.69) is 29.8 Å². The van der Waals surface area contributed by atoms with Gasteiger partial charge in [0.2, 0.25) is 0 Å². The van der Waals surface area contributed by atoms with Crippen molar-refractivity contribution in [3.63, 3.8) is 0 Å². The van der Waals surface area contributed by atoms with Crippen molar-refractivity contribution in [1.82, 2.24) is 0 Å². The Labute approximate surface area is 86.3 Å². The molecule has 0 radical (unpaired) electrons. The molecule has 0 fully saturated rings. The highest BCUT2D eigenvalue weighted by Gasteiger charge is 2.30. The fourth-order valence-electron chi connectivity index (χ4n) is 2.02. The summed E-state index contributed by atoms with van der Waals surface area (Å²) in [5.41, 5.74) is 3.30. The lowest BCUT2D eigenvalue weighted by Gasteiger charge is -2.08. The Morgan fingerprint density at radius 3 is 2.77 bits per heavy atom. The Morgan fingerprint density at radius 2 is 2.15 bits per heavy atom. The number of rotatable bonds is 0. The predicted molar refractivity (Wildman–Crippen MR) is 55.7 cm³/mol. The van der Waals surface area contributed by atoms with Crippen LogP contribution in [-0.4, -0.2) is 0 Å². The van der Waals surface area contributed by atoms with E-state index in [4.69, 9.17) is 0 Å². The van der Waals surface area contributed by atoms with E-state index in [0.717, 1.165) is 12.0 Å². The SMILES string of the molecule is Cc1ccc(F)c2c1CC(C)C2Br. The lowest BCUT2D eigenvalue weighted by molar-refractivity contribution is 0.584. The van der Waals surface area contributed by atoms with Crippen LogP contribution in [0.3, 0.4) is 0 Å². The third-order valence-electron chi connectivity index (χ3n) is 2.84. The summed E-state index contributed by atoms with van der Waals surface area (Å²) in [5, 5.41) is 0. The summed E-state index contributed by atoms with van der Waals surface area (Å²) < 4.78 is 13.5. The van der Waals surface area contributed by atoms with Gasteiger partial charge in [-0.05, 0) is 36.5 Å². The van der Waals surface area contributed by atoms with Gasteiger partial charge in [-0.2, -0.15) is 0 Å². The molecule has 0 saturated carbocycles. The molecule has 2 rings (SSSR count). The number of aryl methyl sites for hydroxylation is 1. The monoisotopic (exact) mass is 242 g/mol. The molecule has 2 atom stereocenters. The van der Waals surface area contributed by atoms with Crippen molar-refractivity contribution in [2.24, 2.45) is 5.92 Å². The van der Waals surface area contributed by atoms with Gasteiger partial charge in [0.05, 0.1) is 0 Å². The van der Waals surface area contributed by atoms with Crippen LogP contribution in [0.1, 0.15) is 28.4 Å². The number of hydrogen-bond donors (Lipinski definition) is 0. The van der Waals surface area contributed by atoms with Crippen molar-refractivity contribution < 1.29 is 4.39 Å². The first kappa shape index (κ1) is 9.20. The highest BCUT2D eigenvalue weighted by atomic mass is 79.9. The average Bonchev–Trinajstić information content (AvgIpc) is 2.38. The molecule has 70 valence electrons. The van der Waals surface area contributed by atoms with Crippen LogP contribution in [0.5, 0.6) is 0 Å². The summed E-state index contributed by atoms with van der Waals surface area (Å²) in [6.45, 7) is 4.20. The van der Waals surface area contributed by atoms with Gasteiger partial charge in [0.15, 0.2) is 0 Å². The predicted octanol–water partition coefficient (Wildman–Crippen LogP) is 3.76. The second-order valence-corrected chi connectivity index (χ2v) is 4.83. The number of hydrogen-bond acceptors (Lipinski definition) is 0. The fraction of sp³-hybridized carbons (Fsp3) is 0.455. The van der Waals surface area contributed by atoms with Gasteiger partial charge in [-0.15, -0.1) is 0 Å². The largest absolute Gasteiger partial charge is 0.207 e. The van der Waals surface area contributed by atoms with Gasteiger partial charge in [0, 0.05) is 10.4 Å². The zero-order valence-corrected chi connectivity index (χ0v) is 9.36. The molecule has 0 bridgehead atoms. The smallest absolute Gasteiger partial charge is 0.127 e. The van der Waals surface area contributed by atoms with Gasteiger partial charge in [-0.1, -0.05) is 28.9 Å². The van der Waals surface area contributed by atoms with E-state index in [1.807, 2.05) is 6.07 Å². The van der Waals surface area contributed by atoms with Gasteiger partial charge < -0.3 is 0 Å². The average molecular weight is 243 g/mol. The molecule has 2 heteroatoms. The first-order chi connectivity index (χ1) is 6.11. The van der Waals surface area contributed by atoms with Gasteiger partial charge in [0.25, 0.3) is 0 Å². The molecule has 1 aliphatic rings. The molecule has 0 heterocycles. The molecular weight excluding hydrogens is 231 g/mol. The van der Waals surface area contributed by atoms with Crippen LogP contribution in [-0.2, 0) is 6.42 Å². The zero-order valence-electron chi connectivity index (χ0n) is 7.77. The minimum Gasteiger partial charge on any atom is -0.207 e. The molecule has 0 amide bonds. The Kier molecular flexibility index (Phi) is 2.18. The van der Waals surface area contributed by atoms with Crippen molar-refractivity contribution >= 4 is 15.9 Å². The highest BCUT2D eigenvalue weighted by Crippen LogP contribution is 2.44. The highest BCUT2D eigenvalue weighted by molar-refractivity contribution is 9.09. The molecule has 0 N–H and O–H groups in total. The number of benzene rings is 1. The molecular formula is C11H12BrF. The van der Waals surface area contributed by atoms with Crippen molar-refractivity contribution in [3.05, 3.63) is 34.6 Å². The third-order valence-corrected chi connectivity index (χ3v) is 4.20. The second kappa shape index (κ2) is 3.09. The number of halogens is 2. The summed E-state index contributed by atoms with van der Waals surface area (Å²) in [4.78, 5) is 0.197. The Hall–Kier alpha value is -0.370. The van der Waals surface area contributed by atoms with E-state index in [-0.39, 0.29) is 10.6 Å². The Morgan fingerprint density at radius 1 is 1.46 bits per heavy atom. The maximum atomic E-state index is 13.5. The third kappa shape index (κ3) is 1.32. The van der Waals surface area contributed by atoms with Crippen LogP contribution < -0.4 is 0 Å². The molecule has 1 aromatic rings. The fourth-order valence-corrected chi connectivity index (χ4v) is 2.71. The maximum absolute atomic E-state index is 13.5. The van der Waals surface area contributed by atoms with Crippen LogP contribution in [0.2, 0.25) is 0 Å². The van der Waals surface area contributed by atoms with Gasteiger partial charge in [0.1, 0.15) is 5.82 Å². The Balaban J connectivity index is 2.61. The normalized spacial score (nSPS) is 26.2. The lowest BCUT2D eigenvalue weighted by Crippen LogP contribution is -1.95. The molecule has 1 aliphatic carbocycles. The summed E-state index contributed by atoms with van der Waals surface area (Å²) in [6.07, 6.45) is 0.995. The molecule has 0 aliphatic heterocycles. The minimum atomic E-state index is -0.0631. The summed E-state index contributed by atoms with van der Waals surface area (Å²) in [6, 6.07) is 3.44. The molecule has 0 saturated heterocycles. The van der Waals surface area contributed by atoms with Crippen molar-refractivity contribution in [2.75, 3.05) is 0 Å². The molecule has 0 aromatic heterocycles. The summed E-state index contributed by atoms with van der Waals surface area (Å²) >= 11 is 3.55. The lowest BCUT2D eigenvalue weighted by atomic mass is 10.0. The van der Waals surface area contributed by atoms with Crippen LogP contribution in [0.15, 0.2) is 12.1 Å². The first-order valence-electron chi connectivity index (χ1n) is 4.53. The van der Waals surface area contributed by atoms with Crippen LogP contribution in [0.4, 0.5) is 4.39 Å². The maximum Gasteiger partial charge on any atom is 0.127 e. The van der Waals surface area contributed by atoms with Gasteiger partial charge in [-0.3, -0.25) is 0 Å². The quantitative estimate of drug-likeness (QED) is 0.608. The molecule has 2 unspecified atom stereocenters. The van der Waals surface area contributed by atoms with E-state index in [0.29, 0.717) is 5.92 Å². The summed E-state index contributed by atoms with van der Waals surface area (Å²) in [7, 11) is 0. The van der Waals surface area contributed by atoms with Crippen LogP contribution in [0, 0.1) is 18.7 Å². The van der Waals surface area contributed by atoms with E-state index in [1.165, 1.54) is 11.1 Å². The van der Waals surface area contributed by atoms with E-state index < -0.39 is 0 Å². The van der Waals surface area contributed by atoms with Crippen molar-refractivity contribution in [1.29, 1.82) is 0 Å². The number of alkyl halides is 1. The second-order valence-electron chi connectivity index (χ2n) is 3.84. The first-order valence-corrected chi connectivity index (χ1v) is 5.44. The molecule has 13 heavy (non-hydrogen) atoms.